The summed E-state index contributed by atoms with van der Waals surface area (Å²) in [4.78, 5) is 11.6. The molecule has 0 fully saturated rings. The summed E-state index contributed by atoms with van der Waals surface area (Å²) >= 11 is 0. The van der Waals surface area contributed by atoms with Crippen molar-refractivity contribution in [3.63, 3.8) is 0 Å². The van der Waals surface area contributed by atoms with E-state index in [-0.39, 0.29) is 5.91 Å². The average Bonchev–Trinajstić information content (AvgIpc) is 2.53. The van der Waals surface area contributed by atoms with Crippen molar-refractivity contribution < 1.29 is 4.79 Å². The molecule has 1 N–H and O–H groups in total. The monoisotopic (exact) mass is 323 g/mol. The maximum absolute atomic E-state index is 11.6. The summed E-state index contributed by atoms with van der Waals surface area (Å²) in [6.45, 7) is 8.95. The van der Waals surface area contributed by atoms with Crippen molar-refractivity contribution in [1.82, 2.24) is 5.32 Å². The lowest BCUT2D eigenvalue weighted by Gasteiger charge is -2.07. The Morgan fingerprint density at radius 1 is 0.870 bits per heavy atom. The second kappa shape index (κ2) is 17.6. The summed E-state index contributed by atoms with van der Waals surface area (Å²) in [6.07, 6.45) is 19.6. The fourth-order valence-electron chi connectivity index (χ4n) is 2.74. The van der Waals surface area contributed by atoms with Crippen LogP contribution in [-0.2, 0) is 4.79 Å². The number of hydrogen-bond acceptors (Lipinski definition) is 1. The van der Waals surface area contributed by atoms with Gasteiger partial charge in [-0.15, -0.1) is 6.58 Å². The fraction of sp³-hybridized carbons (Fsp3) is 0.857. The minimum absolute atomic E-state index is 0.229. The number of hydrogen-bond donors (Lipinski definition) is 1. The van der Waals surface area contributed by atoms with Crippen molar-refractivity contribution in [2.24, 2.45) is 5.92 Å². The van der Waals surface area contributed by atoms with Gasteiger partial charge >= 0.3 is 0 Å². The number of rotatable bonds is 17. The van der Waals surface area contributed by atoms with Crippen molar-refractivity contribution in [1.29, 1.82) is 0 Å². The molecule has 0 rings (SSSR count). The molecule has 0 spiro atoms. The molecule has 0 heterocycles. The quantitative estimate of drug-likeness (QED) is 0.243. The summed E-state index contributed by atoms with van der Waals surface area (Å²) in [5.41, 5.74) is 0. The van der Waals surface area contributed by atoms with Crippen LogP contribution < -0.4 is 5.32 Å². The van der Waals surface area contributed by atoms with Gasteiger partial charge in [-0.05, 0) is 31.6 Å². The van der Waals surface area contributed by atoms with E-state index in [1.165, 1.54) is 70.6 Å². The van der Waals surface area contributed by atoms with Gasteiger partial charge in [-0.2, -0.15) is 0 Å². The second-order valence-corrected chi connectivity index (χ2v) is 7.25. The Morgan fingerprint density at radius 3 is 1.83 bits per heavy atom. The highest BCUT2D eigenvalue weighted by molar-refractivity contribution is 5.75. The third kappa shape index (κ3) is 19.2. The maximum atomic E-state index is 11.6. The van der Waals surface area contributed by atoms with E-state index in [9.17, 15) is 4.79 Å². The smallest absolute Gasteiger partial charge is 0.220 e. The van der Waals surface area contributed by atoms with Crippen molar-refractivity contribution in [2.45, 2.75) is 104 Å². The lowest BCUT2D eigenvalue weighted by atomic mass is 10.1. The van der Waals surface area contributed by atoms with Crippen LogP contribution in [0.4, 0.5) is 0 Å². The first-order chi connectivity index (χ1) is 11.2. The minimum Gasteiger partial charge on any atom is -0.356 e. The molecule has 0 aliphatic heterocycles. The molecule has 0 aromatic heterocycles. The van der Waals surface area contributed by atoms with Gasteiger partial charge < -0.3 is 5.32 Å². The highest BCUT2D eigenvalue weighted by atomic mass is 16.1. The molecule has 0 unspecified atom stereocenters. The van der Waals surface area contributed by atoms with Crippen molar-refractivity contribution >= 4 is 5.91 Å². The maximum Gasteiger partial charge on any atom is 0.220 e. The van der Waals surface area contributed by atoms with E-state index in [4.69, 9.17) is 0 Å². The average molecular weight is 324 g/mol. The van der Waals surface area contributed by atoms with Gasteiger partial charge in [0.25, 0.3) is 0 Å². The number of allylic oxidation sites excluding steroid dienone is 1. The van der Waals surface area contributed by atoms with Crippen LogP contribution >= 0.6 is 0 Å². The molecule has 2 heteroatoms. The van der Waals surface area contributed by atoms with E-state index in [2.05, 4.69) is 25.7 Å². The van der Waals surface area contributed by atoms with E-state index >= 15 is 0 Å². The number of nitrogens with one attached hydrogen (secondary N) is 1. The first-order valence-electron chi connectivity index (χ1n) is 10.0. The summed E-state index contributed by atoms with van der Waals surface area (Å²) in [5.74, 6) is 0.847. The Balaban J connectivity index is 3.10. The molecular weight excluding hydrogens is 282 g/mol. The van der Waals surface area contributed by atoms with E-state index in [0.717, 1.165) is 19.4 Å². The lowest BCUT2D eigenvalue weighted by Crippen LogP contribution is -2.24. The van der Waals surface area contributed by atoms with Crippen molar-refractivity contribution in [3.8, 4) is 0 Å². The zero-order valence-corrected chi connectivity index (χ0v) is 15.9. The predicted molar refractivity (Wildman–Crippen MR) is 103 cm³/mol. The number of amides is 1. The van der Waals surface area contributed by atoms with E-state index in [0.29, 0.717) is 12.3 Å². The molecule has 136 valence electrons. The summed E-state index contributed by atoms with van der Waals surface area (Å²) in [5, 5.41) is 3.03. The summed E-state index contributed by atoms with van der Waals surface area (Å²) in [7, 11) is 0. The van der Waals surface area contributed by atoms with Crippen LogP contribution in [0, 0.1) is 5.92 Å². The highest BCUT2D eigenvalue weighted by Crippen LogP contribution is 2.12. The SMILES string of the molecule is C=CCCCCCCCCCCCCCNC(=O)CCC(C)C. The normalized spacial score (nSPS) is 10.9. The predicted octanol–water partition coefficient (Wildman–Crippen LogP) is 6.41. The zero-order valence-electron chi connectivity index (χ0n) is 15.9. The number of carbonyl (C=O) groups excluding carboxylic acids is 1. The Morgan fingerprint density at radius 2 is 1.35 bits per heavy atom. The van der Waals surface area contributed by atoms with Gasteiger partial charge in [0.1, 0.15) is 0 Å². The first-order valence-corrected chi connectivity index (χ1v) is 10.0. The third-order valence-electron chi connectivity index (χ3n) is 4.36. The van der Waals surface area contributed by atoms with Gasteiger partial charge in [-0.3, -0.25) is 4.79 Å². The minimum atomic E-state index is 0.229. The third-order valence-corrected chi connectivity index (χ3v) is 4.36. The van der Waals surface area contributed by atoms with Gasteiger partial charge in [-0.25, -0.2) is 0 Å². The van der Waals surface area contributed by atoms with Crippen LogP contribution in [0.5, 0.6) is 0 Å². The standard InChI is InChI=1S/C21H41NO/c1-4-5-6-7-8-9-10-11-12-13-14-15-16-19-22-21(23)18-17-20(2)3/h4,20H,1,5-19H2,2-3H3,(H,22,23). The van der Waals surface area contributed by atoms with E-state index in [1.54, 1.807) is 0 Å². The molecule has 0 aromatic rings. The molecular formula is C21H41NO. The van der Waals surface area contributed by atoms with Gasteiger partial charge in [0, 0.05) is 13.0 Å². The van der Waals surface area contributed by atoms with Gasteiger partial charge in [0.15, 0.2) is 0 Å². The molecule has 0 radical (unpaired) electrons. The highest BCUT2D eigenvalue weighted by Gasteiger charge is 2.02. The molecule has 0 saturated carbocycles. The van der Waals surface area contributed by atoms with Crippen LogP contribution in [0.2, 0.25) is 0 Å². The Hall–Kier alpha value is -0.790. The largest absolute Gasteiger partial charge is 0.356 e. The Labute approximate surface area is 145 Å². The molecule has 0 aromatic carbocycles. The summed E-state index contributed by atoms with van der Waals surface area (Å²) in [6, 6.07) is 0. The van der Waals surface area contributed by atoms with Gasteiger partial charge in [-0.1, -0.05) is 77.7 Å². The number of unbranched alkanes of at least 4 members (excludes halogenated alkanes) is 11. The molecule has 0 aliphatic rings. The molecule has 1 amide bonds. The van der Waals surface area contributed by atoms with E-state index < -0.39 is 0 Å². The topological polar surface area (TPSA) is 29.1 Å². The molecule has 0 atom stereocenters. The molecule has 23 heavy (non-hydrogen) atoms. The van der Waals surface area contributed by atoms with Gasteiger partial charge in [0.05, 0.1) is 0 Å². The van der Waals surface area contributed by atoms with Crippen LogP contribution in [0.3, 0.4) is 0 Å². The fourth-order valence-corrected chi connectivity index (χ4v) is 2.74. The molecule has 2 nitrogen and oxygen atoms in total. The summed E-state index contributed by atoms with van der Waals surface area (Å²) < 4.78 is 0. The first kappa shape index (κ1) is 22.2. The lowest BCUT2D eigenvalue weighted by molar-refractivity contribution is -0.121. The van der Waals surface area contributed by atoms with Crippen LogP contribution in [-0.4, -0.2) is 12.5 Å². The van der Waals surface area contributed by atoms with E-state index in [1.807, 2.05) is 6.08 Å². The van der Waals surface area contributed by atoms with Crippen LogP contribution in [0.15, 0.2) is 12.7 Å². The molecule has 0 aliphatic carbocycles. The van der Waals surface area contributed by atoms with Gasteiger partial charge in [0.2, 0.25) is 5.91 Å². The number of carbonyl (C=O) groups is 1. The Kier molecular flexibility index (Phi) is 17.0. The van der Waals surface area contributed by atoms with Crippen LogP contribution in [0.1, 0.15) is 104 Å². The molecule has 0 saturated heterocycles. The van der Waals surface area contributed by atoms with Crippen LogP contribution in [0.25, 0.3) is 0 Å². The second-order valence-electron chi connectivity index (χ2n) is 7.25. The van der Waals surface area contributed by atoms with Crippen molar-refractivity contribution in [2.75, 3.05) is 6.54 Å². The zero-order chi connectivity index (χ0) is 17.2. The van der Waals surface area contributed by atoms with Crippen molar-refractivity contribution in [3.05, 3.63) is 12.7 Å². The molecule has 0 bridgehead atoms. The Bertz CT molecular complexity index is 273.